The minimum atomic E-state index is -4.52. The van der Waals surface area contributed by atoms with Crippen LogP contribution in [-0.4, -0.2) is 11.2 Å². The number of aromatic nitrogens is 1. The van der Waals surface area contributed by atoms with E-state index in [9.17, 15) is 18.0 Å². The van der Waals surface area contributed by atoms with Crippen LogP contribution in [0.4, 0.5) is 13.2 Å². The molecule has 0 aromatic carbocycles. The number of aromatic amines is 1. The molecule has 13 heavy (non-hydrogen) atoms. The lowest BCUT2D eigenvalue weighted by Gasteiger charge is -2.14. The molecular formula is C7H7F3N2O. The molecule has 0 aliphatic heterocycles. The molecule has 0 fully saturated rings. The standard InChI is InChI=1S/C7H7F3N2O/c8-7(9,10)6(11)4-1-2-12-5(13)3-4/h1-3,6H,11H2,(H,12,13). The highest BCUT2D eigenvalue weighted by Crippen LogP contribution is 2.29. The first-order valence-corrected chi connectivity index (χ1v) is 3.42. The normalized spacial score (nSPS) is 14.2. The Balaban J connectivity index is 3.02. The average molecular weight is 192 g/mol. The highest BCUT2D eigenvalue weighted by molar-refractivity contribution is 5.16. The van der Waals surface area contributed by atoms with Gasteiger partial charge in [-0.15, -0.1) is 0 Å². The molecule has 0 aliphatic carbocycles. The van der Waals surface area contributed by atoms with Crippen molar-refractivity contribution in [1.29, 1.82) is 0 Å². The monoisotopic (exact) mass is 192 g/mol. The first-order valence-electron chi connectivity index (χ1n) is 3.42. The predicted molar refractivity (Wildman–Crippen MR) is 40.0 cm³/mol. The van der Waals surface area contributed by atoms with Crippen LogP contribution in [0.1, 0.15) is 11.6 Å². The van der Waals surface area contributed by atoms with Crippen molar-refractivity contribution < 1.29 is 13.2 Å². The minimum absolute atomic E-state index is 0.240. The number of hydrogen-bond acceptors (Lipinski definition) is 2. The van der Waals surface area contributed by atoms with Crippen molar-refractivity contribution in [2.75, 3.05) is 0 Å². The van der Waals surface area contributed by atoms with Gasteiger partial charge < -0.3 is 10.7 Å². The Morgan fingerprint density at radius 3 is 2.54 bits per heavy atom. The van der Waals surface area contributed by atoms with Gasteiger partial charge in [-0.2, -0.15) is 13.2 Å². The molecule has 0 amide bonds. The van der Waals surface area contributed by atoms with Gasteiger partial charge in [0.05, 0.1) is 0 Å². The van der Waals surface area contributed by atoms with Gasteiger partial charge in [0.1, 0.15) is 6.04 Å². The first kappa shape index (κ1) is 9.79. The van der Waals surface area contributed by atoms with Crippen LogP contribution in [0.25, 0.3) is 0 Å². The molecule has 72 valence electrons. The summed E-state index contributed by atoms with van der Waals surface area (Å²) >= 11 is 0. The van der Waals surface area contributed by atoms with Crippen LogP contribution in [0.15, 0.2) is 23.1 Å². The van der Waals surface area contributed by atoms with E-state index in [2.05, 4.69) is 4.98 Å². The van der Waals surface area contributed by atoms with Gasteiger partial charge in [-0.1, -0.05) is 0 Å². The number of nitrogens with two attached hydrogens (primary N) is 1. The average Bonchev–Trinajstić information content (AvgIpc) is 2.01. The molecule has 1 rings (SSSR count). The zero-order valence-electron chi connectivity index (χ0n) is 6.43. The third kappa shape index (κ3) is 2.32. The Morgan fingerprint density at radius 2 is 2.08 bits per heavy atom. The number of rotatable bonds is 1. The molecule has 0 radical (unpaired) electrons. The smallest absolute Gasteiger partial charge is 0.329 e. The molecule has 1 atom stereocenters. The quantitative estimate of drug-likeness (QED) is 0.695. The Hall–Kier alpha value is -1.30. The highest BCUT2D eigenvalue weighted by Gasteiger charge is 2.37. The van der Waals surface area contributed by atoms with Crippen molar-refractivity contribution in [3.05, 3.63) is 34.2 Å². The summed E-state index contributed by atoms with van der Waals surface area (Å²) in [4.78, 5) is 12.8. The Kier molecular flexibility index (Phi) is 2.42. The largest absolute Gasteiger partial charge is 0.407 e. The second-order valence-corrected chi connectivity index (χ2v) is 2.51. The maximum Gasteiger partial charge on any atom is 0.407 e. The summed E-state index contributed by atoms with van der Waals surface area (Å²) in [7, 11) is 0. The van der Waals surface area contributed by atoms with Crippen molar-refractivity contribution in [2.24, 2.45) is 5.73 Å². The molecule has 3 nitrogen and oxygen atoms in total. The zero-order valence-corrected chi connectivity index (χ0v) is 6.43. The number of halogens is 3. The first-order chi connectivity index (χ1) is 5.91. The molecule has 6 heteroatoms. The molecule has 0 aliphatic rings. The van der Waals surface area contributed by atoms with Crippen LogP contribution in [0, 0.1) is 0 Å². The second kappa shape index (κ2) is 3.21. The number of pyridine rings is 1. The van der Waals surface area contributed by atoms with E-state index in [1.807, 2.05) is 0 Å². The Bertz CT molecular complexity index is 344. The third-order valence-electron chi connectivity index (χ3n) is 1.51. The Morgan fingerprint density at radius 1 is 1.46 bits per heavy atom. The van der Waals surface area contributed by atoms with Gasteiger partial charge in [0, 0.05) is 12.3 Å². The van der Waals surface area contributed by atoms with Gasteiger partial charge in [0.25, 0.3) is 0 Å². The van der Waals surface area contributed by atoms with Crippen LogP contribution in [0.5, 0.6) is 0 Å². The van der Waals surface area contributed by atoms with Gasteiger partial charge in [-0.25, -0.2) is 0 Å². The topological polar surface area (TPSA) is 58.9 Å². The van der Waals surface area contributed by atoms with E-state index in [1.165, 1.54) is 0 Å². The minimum Gasteiger partial charge on any atom is -0.329 e. The van der Waals surface area contributed by atoms with Crippen LogP contribution in [0.2, 0.25) is 0 Å². The van der Waals surface area contributed by atoms with E-state index >= 15 is 0 Å². The van der Waals surface area contributed by atoms with Gasteiger partial charge >= 0.3 is 6.18 Å². The van der Waals surface area contributed by atoms with E-state index in [4.69, 9.17) is 5.73 Å². The van der Waals surface area contributed by atoms with Crippen molar-refractivity contribution in [3.8, 4) is 0 Å². The van der Waals surface area contributed by atoms with Crippen LogP contribution in [0.3, 0.4) is 0 Å². The van der Waals surface area contributed by atoms with Crippen LogP contribution < -0.4 is 11.3 Å². The van der Waals surface area contributed by atoms with E-state index in [0.717, 1.165) is 18.3 Å². The van der Waals surface area contributed by atoms with Crippen molar-refractivity contribution in [1.82, 2.24) is 4.98 Å². The highest BCUT2D eigenvalue weighted by atomic mass is 19.4. The summed E-state index contributed by atoms with van der Waals surface area (Å²) in [6.07, 6.45) is -3.39. The van der Waals surface area contributed by atoms with Gasteiger partial charge in [0.15, 0.2) is 0 Å². The third-order valence-corrected chi connectivity index (χ3v) is 1.51. The van der Waals surface area contributed by atoms with Crippen LogP contribution >= 0.6 is 0 Å². The van der Waals surface area contributed by atoms with Crippen molar-refractivity contribution in [3.63, 3.8) is 0 Å². The van der Waals surface area contributed by atoms with E-state index in [-0.39, 0.29) is 5.56 Å². The van der Waals surface area contributed by atoms with E-state index in [1.54, 1.807) is 0 Å². The number of nitrogens with one attached hydrogen (secondary N) is 1. The SMILES string of the molecule is NC(c1cc[nH]c(=O)c1)C(F)(F)F. The molecule has 0 saturated heterocycles. The van der Waals surface area contributed by atoms with Gasteiger partial charge in [-0.3, -0.25) is 4.79 Å². The van der Waals surface area contributed by atoms with Crippen LogP contribution in [-0.2, 0) is 0 Å². The molecule has 1 heterocycles. The lowest BCUT2D eigenvalue weighted by Crippen LogP contribution is -2.29. The summed E-state index contributed by atoms with van der Waals surface area (Å²) < 4.78 is 36.1. The number of hydrogen-bond donors (Lipinski definition) is 2. The van der Waals surface area contributed by atoms with Crippen molar-refractivity contribution in [2.45, 2.75) is 12.2 Å². The zero-order chi connectivity index (χ0) is 10.1. The van der Waals surface area contributed by atoms with E-state index in [0.29, 0.717) is 0 Å². The molecular weight excluding hydrogens is 185 g/mol. The Labute approximate surface area is 71.4 Å². The number of H-pyrrole nitrogens is 1. The maximum absolute atomic E-state index is 12.0. The lowest BCUT2D eigenvalue weighted by molar-refractivity contribution is -0.149. The number of alkyl halides is 3. The van der Waals surface area contributed by atoms with Gasteiger partial charge in [0.2, 0.25) is 5.56 Å². The fourth-order valence-electron chi connectivity index (χ4n) is 0.844. The van der Waals surface area contributed by atoms with Crippen molar-refractivity contribution >= 4 is 0 Å². The molecule has 1 aromatic heterocycles. The molecule has 1 unspecified atom stereocenters. The summed E-state index contributed by atoms with van der Waals surface area (Å²) in [6, 6.07) is -0.146. The predicted octanol–water partition coefficient (Wildman–Crippen LogP) is 0.937. The second-order valence-electron chi connectivity index (χ2n) is 2.51. The molecule has 1 aromatic rings. The maximum atomic E-state index is 12.0. The molecule has 3 N–H and O–H groups in total. The van der Waals surface area contributed by atoms with Gasteiger partial charge in [-0.05, 0) is 11.6 Å². The summed E-state index contributed by atoms with van der Waals surface area (Å²) in [5.74, 6) is 0. The summed E-state index contributed by atoms with van der Waals surface area (Å²) in [5.41, 5.74) is 4.02. The molecule has 0 spiro atoms. The van der Waals surface area contributed by atoms with E-state index < -0.39 is 17.8 Å². The summed E-state index contributed by atoms with van der Waals surface area (Å²) in [5, 5.41) is 0. The lowest BCUT2D eigenvalue weighted by atomic mass is 10.1. The molecule has 0 bridgehead atoms. The fourth-order valence-corrected chi connectivity index (χ4v) is 0.844. The molecule has 0 saturated carbocycles. The summed E-state index contributed by atoms with van der Waals surface area (Å²) in [6.45, 7) is 0. The fraction of sp³-hybridized carbons (Fsp3) is 0.286.